The summed E-state index contributed by atoms with van der Waals surface area (Å²) in [6.45, 7) is 0.184. The van der Waals surface area contributed by atoms with Gasteiger partial charge in [0.1, 0.15) is 35.1 Å². The predicted molar refractivity (Wildman–Crippen MR) is 126 cm³/mol. The number of pyridine rings is 1. The minimum atomic E-state index is -4.78. The number of ether oxygens (including phenoxy) is 1. The second-order valence-electron chi connectivity index (χ2n) is 7.66. The van der Waals surface area contributed by atoms with E-state index < -0.39 is 23.1 Å². The molecule has 4 rings (SSSR count). The van der Waals surface area contributed by atoms with Crippen LogP contribution in [0.4, 0.5) is 22.0 Å². The number of nitrogens with zero attached hydrogens (tertiary/aromatic N) is 2. The molecule has 0 saturated carbocycles. The van der Waals surface area contributed by atoms with Gasteiger partial charge < -0.3 is 4.74 Å². The zero-order valence-corrected chi connectivity index (χ0v) is 19.3. The molecule has 4 aromatic rings. The van der Waals surface area contributed by atoms with Crippen molar-refractivity contribution in [3.63, 3.8) is 0 Å². The van der Waals surface area contributed by atoms with Crippen LogP contribution in [0.1, 0.15) is 22.3 Å². The first-order valence-electron chi connectivity index (χ1n) is 10.6. The largest absolute Gasteiger partial charge is 0.489 e. The van der Waals surface area contributed by atoms with Crippen LogP contribution in [0.3, 0.4) is 0 Å². The van der Waals surface area contributed by atoms with E-state index in [1.807, 2.05) is 0 Å². The molecule has 0 spiro atoms. The number of hydrogen-bond acceptors (Lipinski definition) is 4. The third-order valence-corrected chi connectivity index (χ3v) is 6.22. The van der Waals surface area contributed by atoms with E-state index in [-0.39, 0.29) is 34.5 Å². The van der Waals surface area contributed by atoms with E-state index in [4.69, 9.17) is 4.74 Å². The summed E-state index contributed by atoms with van der Waals surface area (Å²) in [5.41, 5.74) is -0.279. The summed E-state index contributed by atoms with van der Waals surface area (Å²) in [6.07, 6.45) is -4.78. The Morgan fingerprint density at radius 2 is 1.61 bits per heavy atom. The molecule has 0 bridgehead atoms. The summed E-state index contributed by atoms with van der Waals surface area (Å²) in [7, 11) is 0. The Balaban J connectivity index is 1.61. The van der Waals surface area contributed by atoms with Gasteiger partial charge in [0, 0.05) is 11.3 Å². The number of benzene rings is 3. The average Bonchev–Trinajstić information content (AvgIpc) is 2.87. The number of halogens is 5. The Labute approximate surface area is 208 Å². The molecule has 3 aromatic carbocycles. The number of nitriles is 1. The molecule has 0 aliphatic carbocycles. The van der Waals surface area contributed by atoms with E-state index in [1.165, 1.54) is 30.3 Å². The highest BCUT2D eigenvalue weighted by Gasteiger charge is 2.36. The van der Waals surface area contributed by atoms with Crippen molar-refractivity contribution in [3.8, 4) is 23.1 Å². The quantitative estimate of drug-likeness (QED) is 0.187. The molecule has 0 amide bonds. The summed E-state index contributed by atoms with van der Waals surface area (Å²) < 4.78 is 74.1. The highest BCUT2D eigenvalue weighted by atomic mass is 32.2. The van der Waals surface area contributed by atoms with Gasteiger partial charge in [-0.05, 0) is 59.7 Å². The molecule has 3 nitrogen and oxygen atoms in total. The van der Waals surface area contributed by atoms with E-state index in [9.17, 15) is 27.2 Å². The van der Waals surface area contributed by atoms with Crippen molar-refractivity contribution in [2.45, 2.75) is 23.6 Å². The van der Waals surface area contributed by atoms with E-state index in [0.717, 1.165) is 23.4 Å². The fourth-order valence-electron chi connectivity index (χ4n) is 3.34. The number of thioether (sulfide) groups is 1. The number of alkyl halides is 3. The molecule has 0 aliphatic heterocycles. The van der Waals surface area contributed by atoms with Crippen LogP contribution in [0.2, 0.25) is 0 Å². The number of hydrogen-bond donors (Lipinski definition) is 0. The molecule has 0 atom stereocenters. The fourth-order valence-corrected chi connectivity index (χ4v) is 4.33. The van der Waals surface area contributed by atoms with Crippen molar-refractivity contribution >= 4 is 11.8 Å². The molecule has 0 N–H and O–H groups in total. The van der Waals surface area contributed by atoms with Crippen molar-refractivity contribution in [1.82, 2.24) is 4.98 Å². The van der Waals surface area contributed by atoms with E-state index in [1.54, 1.807) is 48.5 Å². The maximum absolute atomic E-state index is 14.0. The topological polar surface area (TPSA) is 45.9 Å². The van der Waals surface area contributed by atoms with Gasteiger partial charge in [0.15, 0.2) is 0 Å². The van der Waals surface area contributed by atoms with Crippen LogP contribution >= 0.6 is 11.8 Å². The second kappa shape index (κ2) is 10.8. The molecule has 36 heavy (non-hydrogen) atoms. The Bertz CT molecular complexity index is 1400. The van der Waals surface area contributed by atoms with Gasteiger partial charge in [-0.1, -0.05) is 30.3 Å². The number of rotatable bonds is 7. The highest BCUT2D eigenvalue weighted by Crippen LogP contribution is 2.39. The molecule has 0 unspecified atom stereocenters. The summed E-state index contributed by atoms with van der Waals surface area (Å²) in [6, 6.07) is 20.4. The highest BCUT2D eigenvalue weighted by molar-refractivity contribution is 7.98. The minimum Gasteiger partial charge on any atom is -0.489 e. The Hall–Kier alpha value is -3.90. The average molecular weight is 513 g/mol. The lowest BCUT2D eigenvalue weighted by atomic mass is 10.1. The van der Waals surface area contributed by atoms with Crippen molar-refractivity contribution in [1.29, 1.82) is 5.26 Å². The van der Waals surface area contributed by atoms with Crippen LogP contribution in [0, 0.1) is 23.0 Å². The molecule has 1 aromatic heterocycles. The van der Waals surface area contributed by atoms with Crippen molar-refractivity contribution in [2.24, 2.45) is 0 Å². The van der Waals surface area contributed by atoms with Crippen LogP contribution in [0.25, 0.3) is 11.3 Å². The van der Waals surface area contributed by atoms with E-state index >= 15 is 0 Å². The van der Waals surface area contributed by atoms with E-state index in [2.05, 4.69) is 4.98 Å². The van der Waals surface area contributed by atoms with Gasteiger partial charge in [-0.3, -0.25) is 0 Å². The zero-order valence-electron chi connectivity index (χ0n) is 18.5. The second-order valence-corrected chi connectivity index (χ2v) is 8.63. The first-order valence-corrected chi connectivity index (χ1v) is 11.6. The summed E-state index contributed by atoms with van der Waals surface area (Å²) in [4.78, 5) is 4.31. The van der Waals surface area contributed by atoms with Gasteiger partial charge in [-0.25, -0.2) is 13.8 Å². The summed E-state index contributed by atoms with van der Waals surface area (Å²) in [5.74, 6) is -0.387. The molecule has 1 heterocycles. The first-order chi connectivity index (χ1) is 17.2. The molecule has 0 saturated heterocycles. The van der Waals surface area contributed by atoms with Crippen LogP contribution < -0.4 is 4.74 Å². The Morgan fingerprint density at radius 1 is 0.917 bits per heavy atom. The van der Waals surface area contributed by atoms with Crippen LogP contribution in [-0.4, -0.2) is 4.98 Å². The molecule has 0 aliphatic rings. The maximum atomic E-state index is 14.0. The van der Waals surface area contributed by atoms with Crippen molar-refractivity contribution in [2.75, 3.05) is 0 Å². The predicted octanol–water partition coefficient (Wildman–Crippen LogP) is 7.79. The third kappa shape index (κ3) is 6.01. The Morgan fingerprint density at radius 3 is 2.25 bits per heavy atom. The molecule has 9 heteroatoms. The minimum absolute atomic E-state index is 0.00523. The molecule has 0 radical (unpaired) electrons. The molecule has 0 fully saturated rings. The lowest BCUT2D eigenvalue weighted by molar-refractivity contribution is -0.138. The van der Waals surface area contributed by atoms with Crippen LogP contribution in [-0.2, 0) is 18.5 Å². The zero-order chi connectivity index (χ0) is 25.7. The van der Waals surface area contributed by atoms with Crippen LogP contribution in [0.15, 0.2) is 83.9 Å². The first kappa shape index (κ1) is 25.2. The van der Waals surface area contributed by atoms with Gasteiger partial charge in [0.2, 0.25) is 0 Å². The fraction of sp³-hybridized carbons (Fsp3) is 0.111. The lowest BCUT2D eigenvalue weighted by Gasteiger charge is -2.15. The van der Waals surface area contributed by atoms with Crippen molar-refractivity contribution < 1.29 is 26.7 Å². The summed E-state index contributed by atoms with van der Waals surface area (Å²) in [5, 5.41) is 9.33. The van der Waals surface area contributed by atoms with Gasteiger partial charge in [-0.2, -0.15) is 18.4 Å². The third-order valence-electron chi connectivity index (χ3n) is 5.19. The van der Waals surface area contributed by atoms with Gasteiger partial charge >= 0.3 is 6.18 Å². The Kier molecular flexibility index (Phi) is 7.55. The maximum Gasteiger partial charge on any atom is 0.417 e. The van der Waals surface area contributed by atoms with Crippen LogP contribution in [0.5, 0.6) is 5.75 Å². The monoisotopic (exact) mass is 512 g/mol. The van der Waals surface area contributed by atoms with E-state index in [0.29, 0.717) is 11.3 Å². The smallest absolute Gasteiger partial charge is 0.417 e. The lowest BCUT2D eigenvalue weighted by Crippen LogP contribution is -2.10. The molecule has 182 valence electrons. The molecular formula is C27H17F5N2OS. The van der Waals surface area contributed by atoms with Crippen molar-refractivity contribution in [3.05, 3.63) is 113 Å². The number of aromatic nitrogens is 1. The SMILES string of the molecule is N#Cc1c(C(F)(F)F)cc(-c2ccc(OCc3ccc(F)cc3)cc2)nc1SCc1ccccc1F. The van der Waals surface area contributed by atoms with Gasteiger partial charge in [0.25, 0.3) is 0 Å². The molecular weight excluding hydrogens is 495 g/mol. The van der Waals surface area contributed by atoms with Gasteiger partial charge in [-0.15, -0.1) is 11.8 Å². The normalized spacial score (nSPS) is 11.2. The summed E-state index contributed by atoms with van der Waals surface area (Å²) >= 11 is 0.863. The van der Waals surface area contributed by atoms with Gasteiger partial charge in [0.05, 0.1) is 16.8 Å². The standard InChI is InChI=1S/C27H17F5N2OS/c28-20-9-5-17(6-10-20)15-35-21-11-7-18(8-12-21)25-13-23(27(30,31)32)22(14-33)26(34-25)36-16-19-3-1-2-4-24(19)29/h1-13H,15-16H2.